The Morgan fingerprint density at radius 3 is 3.05 bits per heavy atom. The van der Waals surface area contributed by atoms with Crippen LogP contribution in [0, 0.1) is 0 Å². The Bertz CT molecular complexity index is 895. The van der Waals surface area contributed by atoms with Crippen LogP contribution in [0.5, 0.6) is 17.2 Å². The van der Waals surface area contributed by atoms with Crippen molar-refractivity contribution in [1.29, 1.82) is 0 Å². The zero-order chi connectivity index (χ0) is 13.1. The van der Waals surface area contributed by atoms with Gasteiger partial charge in [0, 0.05) is 11.8 Å². The van der Waals surface area contributed by atoms with Gasteiger partial charge in [0.15, 0.2) is 5.75 Å². The molecule has 0 bridgehead atoms. The molecule has 0 amide bonds. The van der Waals surface area contributed by atoms with Crippen molar-refractivity contribution in [3.63, 3.8) is 0 Å². The Labute approximate surface area is 119 Å². The predicted molar refractivity (Wildman–Crippen MR) is 78.7 cm³/mol. The van der Waals surface area contributed by atoms with Crippen LogP contribution >= 0.6 is 11.3 Å². The summed E-state index contributed by atoms with van der Waals surface area (Å²) in [5, 5.41) is 1.08. The smallest absolute Gasteiger partial charge is 0.155 e. The van der Waals surface area contributed by atoms with Gasteiger partial charge in [0.1, 0.15) is 22.9 Å². The molecule has 0 saturated carbocycles. The molecule has 4 heteroatoms. The van der Waals surface area contributed by atoms with Crippen molar-refractivity contribution >= 4 is 27.1 Å². The highest BCUT2D eigenvalue weighted by Crippen LogP contribution is 2.53. The quantitative estimate of drug-likeness (QED) is 0.483. The molecule has 2 aliphatic heterocycles. The third kappa shape index (κ3) is 1.22. The van der Waals surface area contributed by atoms with E-state index in [4.69, 9.17) is 9.47 Å². The molecular weight excluding hydrogens is 270 g/mol. The molecule has 20 heavy (non-hydrogen) atoms. The summed E-state index contributed by atoms with van der Waals surface area (Å²) in [7, 11) is 0. The first-order valence-electron chi connectivity index (χ1n) is 6.44. The molecule has 0 radical (unpaired) electrons. The van der Waals surface area contributed by atoms with Gasteiger partial charge in [-0.05, 0) is 30.3 Å². The van der Waals surface area contributed by atoms with Gasteiger partial charge < -0.3 is 9.47 Å². The average molecular weight is 279 g/mol. The molecule has 0 N–H and O–H groups in total. The number of fused-ring (bicyclic) bond motifs is 4. The summed E-state index contributed by atoms with van der Waals surface area (Å²) in [6.07, 6.45) is 3.95. The Balaban J connectivity index is 1.89. The normalized spacial score (nSPS) is 14.9. The highest BCUT2D eigenvalue weighted by Gasteiger charge is 2.30. The zero-order valence-electron chi connectivity index (χ0n) is 10.4. The summed E-state index contributed by atoms with van der Waals surface area (Å²) in [5.74, 6) is 2.69. The van der Waals surface area contributed by atoms with Gasteiger partial charge in [-0.25, -0.2) is 4.98 Å². The van der Waals surface area contributed by atoms with Gasteiger partial charge in [-0.2, -0.15) is 0 Å². The number of pyridine rings is 1. The van der Waals surface area contributed by atoms with E-state index in [1.807, 2.05) is 30.5 Å². The number of nitrogens with zero attached hydrogens (tertiary/aromatic N) is 1. The van der Waals surface area contributed by atoms with Crippen molar-refractivity contribution in [1.82, 2.24) is 4.98 Å². The molecule has 5 rings (SSSR count). The lowest BCUT2D eigenvalue weighted by atomic mass is 9.97. The van der Waals surface area contributed by atoms with Gasteiger partial charge in [0.25, 0.3) is 0 Å². The van der Waals surface area contributed by atoms with Gasteiger partial charge in [0.2, 0.25) is 0 Å². The second-order valence-corrected chi connectivity index (χ2v) is 5.78. The van der Waals surface area contributed by atoms with E-state index in [2.05, 4.69) is 17.1 Å². The van der Waals surface area contributed by atoms with Crippen molar-refractivity contribution in [3.8, 4) is 17.2 Å². The summed E-state index contributed by atoms with van der Waals surface area (Å²) >= 11 is 1.68. The number of hydrogen-bond donors (Lipinski definition) is 0. The first-order valence-corrected chi connectivity index (χ1v) is 7.25. The van der Waals surface area contributed by atoms with E-state index >= 15 is 0 Å². The van der Waals surface area contributed by atoms with Crippen molar-refractivity contribution < 1.29 is 9.47 Å². The molecule has 0 fully saturated rings. The molecular formula is C16H9NO2S. The second kappa shape index (κ2) is 3.61. The summed E-state index contributed by atoms with van der Waals surface area (Å²) < 4.78 is 11.8. The minimum absolute atomic E-state index is 0.604. The molecule has 0 aliphatic carbocycles. The number of aromatic nitrogens is 1. The fraction of sp³-hybridized carbons (Fsp3) is 0.0625. The van der Waals surface area contributed by atoms with Crippen LogP contribution in [-0.4, -0.2) is 11.6 Å². The molecule has 1 aromatic carbocycles. The average Bonchev–Trinajstić information content (AvgIpc) is 2.87. The molecule has 0 spiro atoms. The van der Waals surface area contributed by atoms with Crippen LogP contribution in [0.1, 0.15) is 10.4 Å². The van der Waals surface area contributed by atoms with E-state index in [1.165, 1.54) is 5.57 Å². The number of benzene rings is 1. The maximum Gasteiger partial charge on any atom is 0.155 e. The highest BCUT2D eigenvalue weighted by atomic mass is 32.1. The fourth-order valence-corrected chi connectivity index (χ4v) is 3.92. The van der Waals surface area contributed by atoms with Gasteiger partial charge >= 0.3 is 0 Å². The molecule has 3 aromatic rings. The van der Waals surface area contributed by atoms with E-state index in [-0.39, 0.29) is 0 Å². The molecule has 0 atom stereocenters. The molecule has 2 aliphatic rings. The molecule has 96 valence electrons. The summed E-state index contributed by atoms with van der Waals surface area (Å²) in [5.41, 5.74) is 2.28. The number of ether oxygens (including phenoxy) is 2. The van der Waals surface area contributed by atoms with E-state index in [0.717, 1.165) is 37.9 Å². The topological polar surface area (TPSA) is 31.4 Å². The number of thiophene rings is 1. The summed E-state index contributed by atoms with van der Waals surface area (Å²) in [4.78, 5) is 6.61. The van der Waals surface area contributed by atoms with Crippen LogP contribution in [0.2, 0.25) is 0 Å². The Hall–Kier alpha value is -2.33. The third-order valence-electron chi connectivity index (χ3n) is 3.66. The molecule has 3 nitrogen and oxygen atoms in total. The van der Waals surface area contributed by atoms with E-state index in [1.54, 1.807) is 11.3 Å². The van der Waals surface area contributed by atoms with Crippen molar-refractivity contribution in [3.05, 3.63) is 53.0 Å². The first kappa shape index (κ1) is 10.5. The maximum atomic E-state index is 6.13. The van der Waals surface area contributed by atoms with Crippen molar-refractivity contribution in [2.45, 2.75) is 0 Å². The Morgan fingerprint density at radius 2 is 2.05 bits per heavy atom. The monoisotopic (exact) mass is 279 g/mol. The lowest BCUT2D eigenvalue weighted by Gasteiger charge is -2.25. The third-order valence-corrected chi connectivity index (χ3v) is 4.79. The van der Waals surface area contributed by atoms with Crippen molar-refractivity contribution in [2.75, 3.05) is 6.61 Å². The first-order chi connectivity index (χ1) is 9.92. The van der Waals surface area contributed by atoms with Crippen LogP contribution in [0.4, 0.5) is 0 Å². The predicted octanol–water partition coefficient (Wildman–Crippen LogP) is 4.23. The SMILES string of the molecule is C1=C2c3sc4ncccc4c3Oc3cccc(c32)OC1. The second-order valence-electron chi connectivity index (χ2n) is 4.78. The molecule has 0 unspecified atom stereocenters. The van der Waals surface area contributed by atoms with Crippen molar-refractivity contribution in [2.24, 2.45) is 0 Å². The van der Waals surface area contributed by atoms with Crippen LogP contribution in [-0.2, 0) is 0 Å². The largest absolute Gasteiger partial charge is 0.489 e. The van der Waals surface area contributed by atoms with Gasteiger partial charge in [0.05, 0.1) is 15.8 Å². The molecule has 0 saturated heterocycles. The highest BCUT2D eigenvalue weighted by molar-refractivity contribution is 7.20. The van der Waals surface area contributed by atoms with Gasteiger partial charge in [-0.15, -0.1) is 11.3 Å². The maximum absolute atomic E-state index is 6.13. The lowest BCUT2D eigenvalue weighted by Crippen LogP contribution is -2.09. The zero-order valence-corrected chi connectivity index (χ0v) is 11.2. The molecule has 2 aromatic heterocycles. The van der Waals surface area contributed by atoms with Crippen LogP contribution in [0.3, 0.4) is 0 Å². The van der Waals surface area contributed by atoms with Gasteiger partial charge in [-0.3, -0.25) is 0 Å². The van der Waals surface area contributed by atoms with Crippen LogP contribution in [0.15, 0.2) is 42.6 Å². The number of rotatable bonds is 0. The lowest BCUT2D eigenvalue weighted by molar-refractivity contribution is 0.352. The van der Waals surface area contributed by atoms with Crippen LogP contribution < -0.4 is 9.47 Å². The fourth-order valence-electron chi connectivity index (χ4n) is 2.80. The van der Waals surface area contributed by atoms with E-state index < -0.39 is 0 Å². The Kier molecular flexibility index (Phi) is 1.89. The summed E-state index contributed by atoms with van der Waals surface area (Å²) in [6, 6.07) is 9.96. The number of hydrogen-bond acceptors (Lipinski definition) is 4. The minimum Gasteiger partial charge on any atom is -0.489 e. The van der Waals surface area contributed by atoms with Crippen LogP contribution in [0.25, 0.3) is 15.8 Å². The van der Waals surface area contributed by atoms with E-state index in [9.17, 15) is 0 Å². The Morgan fingerprint density at radius 1 is 1.10 bits per heavy atom. The minimum atomic E-state index is 0.604. The van der Waals surface area contributed by atoms with Gasteiger partial charge in [-0.1, -0.05) is 6.07 Å². The summed E-state index contributed by atoms with van der Waals surface area (Å²) in [6.45, 7) is 0.604. The molecule has 4 heterocycles. The standard InChI is InChI=1S/C16H9NO2S/c1-4-11-13-9(6-8-18-11)15-14(19-12(13)5-1)10-3-2-7-17-16(10)20-15/h1-7H,8H2. The van der Waals surface area contributed by atoms with E-state index in [0.29, 0.717) is 6.61 Å².